The minimum Gasteiger partial charge on any atom is -0.434 e. The average Bonchev–Trinajstić information content (AvgIpc) is 2.09. The third kappa shape index (κ3) is 3.34. The molecule has 0 saturated carbocycles. The Kier molecular flexibility index (Phi) is 4.39. The third-order valence-electron chi connectivity index (χ3n) is 1.50. The summed E-state index contributed by atoms with van der Waals surface area (Å²) in [6.07, 6.45) is -2.87. The molecule has 0 aliphatic carbocycles. The summed E-state index contributed by atoms with van der Waals surface area (Å²) in [4.78, 5) is 0. The van der Waals surface area contributed by atoms with E-state index in [2.05, 4.69) is 36.6 Å². The van der Waals surface area contributed by atoms with Gasteiger partial charge in [0.05, 0.1) is 5.56 Å². The molecule has 7 heteroatoms. The first-order chi connectivity index (χ1) is 6.91. The number of rotatable bonds is 3. The molecular weight excluding hydrogens is 348 g/mol. The second-order valence-corrected chi connectivity index (χ2v) is 4.19. The number of ether oxygens (including phenoxy) is 1. The molecule has 84 valence electrons. The van der Waals surface area contributed by atoms with E-state index < -0.39 is 24.3 Å². The van der Waals surface area contributed by atoms with Gasteiger partial charge in [-0.1, -0.05) is 0 Å². The maximum atomic E-state index is 12.4. The van der Waals surface area contributed by atoms with Gasteiger partial charge in [-0.05, 0) is 44.0 Å². The molecule has 1 aromatic carbocycles. The monoisotopic (exact) mass is 350 g/mol. The molecule has 0 saturated heterocycles. The van der Waals surface area contributed by atoms with Crippen LogP contribution in [0.15, 0.2) is 21.1 Å². The Bertz CT molecular complexity index is 357. The fourth-order valence-corrected chi connectivity index (χ4v) is 1.60. The zero-order chi connectivity index (χ0) is 11.6. The molecule has 0 heterocycles. The number of benzene rings is 1. The van der Waals surface area contributed by atoms with Gasteiger partial charge < -0.3 is 4.74 Å². The van der Waals surface area contributed by atoms with Crippen molar-refractivity contribution in [3.63, 3.8) is 0 Å². The predicted molar refractivity (Wildman–Crippen MR) is 53.4 cm³/mol. The molecule has 0 bridgehead atoms. The van der Waals surface area contributed by atoms with E-state index in [1.165, 1.54) is 0 Å². The predicted octanol–water partition coefficient (Wildman–Crippen LogP) is 4.75. The fourth-order valence-electron chi connectivity index (χ4n) is 0.913. The van der Waals surface area contributed by atoms with Crippen LogP contribution in [0.5, 0.6) is 5.75 Å². The summed E-state index contributed by atoms with van der Waals surface area (Å²) >= 11 is 5.99. The van der Waals surface area contributed by atoms with Crippen LogP contribution in [0.1, 0.15) is 12.0 Å². The number of hydrogen-bond donors (Lipinski definition) is 0. The summed E-state index contributed by atoms with van der Waals surface area (Å²) in [7, 11) is 0. The lowest BCUT2D eigenvalue weighted by Gasteiger charge is -2.11. The molecule has 0 atom stereocenters. The van der Waals surface area contributed by atoms with E-state index in [-0.39, 0.29) is 0 Å². The topological polar surface area (TPSA) is 9.23 Å². The molecule has 1 rings (SSSR count). The van der Waals surface area contributed by atoms with Crippen molar-refractivity contribution < 1.29 is 22.3 Å². The molecule has 15 heavy (non-hydrogen) atoms. The van der Waals surface area contributed by atoms with Gasteiger partial charge in [-0.3, -0.25) is 0 Å². The van der Waals surface area contributed by atoms with Crippen LogP contribution in [0.2, 0.25) is 0 Å². The molecule has 0 radical (unpaired) electrons. The zero-order valence-corrected chi connectivity index (χ0v) is 10.2. The Hall–Kier alpha value is -0.300. The highest BCUT2D eigenvalue weighted by Crippen LogP contribution is 2.37. The van der Waals surface area contributed by atoms with Gasteiger partial charge >= 0.3 is 6.61 Å². The first-order valence-electron chi connectivity index (χ1n) is 3.63. The van der Waals surface area contributed by atoms with Crippen molar-refractivity contribution in [1.82, 2.24) is 0 Å². The van der Waals surface area contributed by atoms with E-state index in [0.29, 0.717) is 8.95 Å². The molecule has 0 spiro atoms. The minimum absolute atomic E-state index is 0.347. The Labute approximate surface area is 99.7 Å². The Morgan fingerprint density at radius 3 is 2.00 bits per heavy atom. The smallest absolute Gasteiger partial charge is 0.387 e. The van der Waals surface area contributed by atoms with E-state index in [1.54, 1.807) is 0 Å². The molecule has 0 N–H and O–H groups in total. The van der Waals surface area contributed by atoms with Crippen molar-refractivity contribution in [2.24, 2.45) is 0 Å². The third-order valence-corrected chi connectivity index (χ3v) is 3.35. The minimum atomic E-state index is -3.13. The van der Waals surface area contributed by atoms with Gasteiger partial charge in [0.1, 0.15) is 5.75 Å². The second kappa shape index (κ2) is 5.16. The van der Waals surface area contributed by atoms with E-state index in [4.69, 9.17) is 0 Å². The summed E-state index contributed by atoms with van der Waals surface area (Å²) in [6, 6.07) is 2.10. The second-order valence-electron chi connectivity index (χ2n) is 2.48. The van der Waals surface area contributed by atoms with Crippen LogP contribution in [-0.4, -0.2) is 6.61 Å². The molecular formula is C8H4Br2F4O. The molecule has 0 fully saturated rings. The van der Waals surface area contributed by atoms with Crippen molar-refractivity contribution in [2.75, 3.05) is 0 Å². The molecule has 0 amide bonds. The average molecular weight is 352 g/mol. The first-order valence-corrected chi connectivity index (χ1v) is 5.22. The standard InChI is InChI=1S/C8H4Br2F4O/c9-4-1-3(7(11)12)6(2-5(4)10)15-8(13)14/h1-2,7-8H. The lowest BCUT2D eigenvalue weighted by molar-refractivity contribution is -0.0520. The van der Waals surface area contributed by atoms with E-state index in [1.807, 2.05) is 0 Å². The van der Waals surface area contributed by atoms with Crippen LogP contribution in [0, 0.1) is 0 Å². The van der Waals surface area contributed by atoms with Crippen molar-refractivity contribution in [3.8, 4) is 5.75 Å². The van der Waals surface area contributed by atoms with Gasteiger partial charge in [0.25, 0.3) is 6.43 Å². The number of hydrogen-bond acceptors (Lipinski definition) is 1. The molecule has 0 unspecified atom stereocenters. The van der Waals surface area contributed by atoms with Crippen molar-refractivity contribution >= 4 is 31.9 Å². The summed E-state index contributed by atoms with van der Waals surface area (Å²) in [5.41, 5.74) is -0.578. The summed E-state index contributed by atoms with van der Waals surface area (Å²) in [6.45, 7) is -3.13. The highest BCUT2D eigenvalue weighted by atomic mass is 79.9. The van der Waals surface area contributed by atoms with Gasteiger partial charge in [0, 0.05) is 8.95 Å². The van der Waals surface area contributed by atoms with Crippen LogP contribution < -0.4 is 4.74 Å². The van der Waals surface area contributed by atoms with Crippen LogP contribution >= 0.6 is 31.9 Å². The lowest BCUT2D eigenvalue weighted by Crippen LogP contribution is -2.05. The highest BCUT2D eigenvalue weighted by Gasteiger charge is 2.19. The summed E-state index contributed by atoms with van der Waals surface area (Å²) in [5.74, 6) is -0.532. The van der Waals surface area contributed by atoms with Crippen LogP contribution in [0.25, 0.3) is 0 Å². The Morgan fingerprint density at radius 2 is 1.53 bits per heavy atom. The highest BCUT2D eigenvalue weighted by molar-refractivity contribution is 9.13. The summed E-state index contributed by atoms with van der Waals surface area (Å²) in [5, 5.41) is 0. The van der Waals surface area contributed by atoms with Crippen molar-refractivity contribution in [2.45, 2.75) is 13.0 Å². The first kappa shape index (κ1) is 12.8. The Morgan fingerprint density at radius 1 is 1.00 bits per heavy atom. The van der Waals surface area contributed by atoms with Crippen LogP contribution in [0.3, 0.4) is 0 Å². The van der Waals surface area contributed by atoms with Gasteiger partial charge in [-0.15, -0.1) is 0 Å². The van der Waals surface area contributed by atoms with Gasteiger partial charge in [0.15, 0.2) is 0 Å². The van der Waals surface area contributed by atoms with E-state index in [0.717, 1.165) is 12.1 Å². The summed E-state index contributed by atoms with van der Waals surface area (Å²) < 4.78 is 53.3. The SMILES string of the molecule is FC(F)Oc1cc(Br)c(Br)cc1C(F)F. The lowest BCUT2D eigenvalue weighted by atomic mass is 10.2. The number of alkyl halides is 4. The van der Waals surface area contributed by atoms with Crippen LogP contribution in [-0.2, 0) is 0 Å². The molecule has 0 aliphatic rings. The van der Waals surface area contributed by atoms with Gasteiger partial charge in [-0.25, -0.2) is 8.78 Å². The number of halogens is 6. The molecule has 0 aromatic heterocycles. The van der Waals surface area contributed by atoms with Gasteiger partial charge in [-0.2, -0.15) is 8.78 Å². The Balaban J connectivity index is 3.16. The molecule has 1 aromatic rings. The fraction of sp³-hybridized carbons (Fsp3) is 0.250. The maximum Gasteiger partial charge on any atom is 0.387 e. The normalized spacial score (nSPS) is 11.2. The quantitative estimate of drug-likeness (QED) is 0.714. The van der Waals surface area contributed by atoms with Crippen molar-refractivity contribution in [1.29, 1.82) is 0 Å². The zero-order valence-electron chi connectivity index (χ0n) is 6.99. The molecule has 0 aliphatic heterocycles. The largest absolute Gasteiger partial charge is 0.434 e. The van der Waals surface area contributed by atoms with E-state index >= 15 is 0 Å². The van der Waals surface area contributed by atoms with Gasteiger partial charge in [0.2, 0.25) is 0 Å². The van der Waals surface area contributed by atoms with Crippen LogP contribution in [0.4, 0.5) is 17.6 Å². The molecule has 1 nitrogen and oxygen atoms in total. The van der Waals surface area contributed by atoms with E-state index in [9.17, 15) is 17.6 Å². The maximum absolute atomic E-state index is 12.4. The van der Waals surface area contributed by atoms with Crippen molar-refractivity contribution in [3.05, 3.63) is 26.6 Å².